The van der Waals surface area contributed by atoms with Gasteiger partial charge >= 0.3 is 0 Å². The van der Waals surface area contributed by atoms with Crippen molar-refractivity contribution in [2.24, 2.45) is 0 Å². The molecule has 20 heavy (non-hydrogen) atoms. The maximum atomic E-state index is 4.49. The molecule has 0 unspecified atom stereocenters. The maximum absolute atomic E-state index is 4.49. The van der Waals surface area contributed by atoms with Crippen LogP contribution in [0.1, 0.15) is 16.8 Å². The third-order valence-corrected chi connectivity index (χ3v) is 4.48. The molecule has 0 aliphatic carbocycles. The zero-order valence-corrected chi connectivity index (χ0v) is 13.7. The van der Waals surface area contributed by atoms with Crippen molar-refractivity contribution < 1.29 is 0 Å². The number of nitrogens with zero attached hydrogens (tertiary/aromatic N) is 2. The van der Waals surface area contributed by atoms with Gasteiger partial charge in [-0.25, -0.2) is 4.98 Å². The van der Waals surface area contributed by atoms with E-state index >= 15 is 0 Å². The number of aromatic nitrogens is 2. The van der Waals surface area contributed by atoms with Crippen LogP contribution in [0.4, 0.5) is 0 Å². The van der Waals surface area contributed by atoms with Crippen LogP contribution in [0.5, 0.6) is 0 Å². The second kappa shape index (κ2) is 6.08. The molecule has 0 bridgehead atoms. The number of pyridine rings is 1. The number of thiophene rings is 1. The number of halogens is 1. The topological polar surface area (TPSA) is 29.3 Å². The molecule has 0 aliphatic rings. The van der Waals surface area contributed by atoms with E-state index < -0.39 is 0 Å². The van der Waals surface area contributed by atoms with Gasteiger partial charge in [0.2, 0.25) is 0 Å². The lowest BCUT2D eigenvalue weighted by Crippen LogP contribution is -2.17. The lowest BCUT2D eigenvalue weighted by atomic mass is 10.2. The largest absolute Gasteiger partial charge is 0.311 e. The Morgan fingerprint density at radius 3 is 3.15 bits per heavy atom. The Morgan fingerprint density at radius 1 is 1.45 bits per heavy atom. The Kier molecular flexibility index (Phi) is 4.19. The molecule has 3 aromatic rings. The van der Waals surface area contributed by atoms with Crippen molar-refractivity contribution in [1.29, 1.82) is 0 Å². The minimum absolute atomic E-state index is 0.835. The van der Waals surface area contributed by atoms with Crippen LogP contribution in [-0.4, -0.2) is 15.9 Å². The van der Waals surface area contributed by atoms with E-state index in [0.29, 0.717) is 0 Å². The highest BCUT2D eigenvalue weighted by Crippen LogP contribution is 2.18. The molecule has 0 aromatic carbocycles. The van der Waals surface area contributed by atoms with Crippen LogP contribution in [-0.2, 0) is 13.0 Å². The van der Waals surface area contributed by atoms with Crippen molar-refractivity contribution in [2.45, 2.75) is 19.9 Å². The first kappa shape index (κ1) is 13.8. The number of aryl methyl sites for hydroxylation is 1. The Bertz CT molecular complexity index is 703. The predicted octanol–water partition coefficient (Wildman–Crippen LogP) is 3.80. The minimum atomic E-state index is 0.835. The lowest BCUT2D eigenvalue weighted by Gasteiger charge is -2.06. The average Bonchev–Trinajstić information content (AvgIpc) is 3.04. The van der Waals surface area contributed by atoms with Gasteiger partial charge in [-0.05, 0) is 69.8 Å². The van der Waals surface area contributed by atoms with Crippen LogP contribution in [0.25, 0.3) is 5.65 Å². The van der Waals surface area contributed by atoms with Crippen LogP contribution < -0.4 is 5.32 Å². The van der Waals surface area contributed by atoms with Crippen LogP contribution in [0, 0.1) is 6.92 Å². The lowest BCUT2D eigenvalue weighted by molar-refractivity contribution is 0.671. The Hall–Kier alpha value is -1.17. The number of hydrogen-bond donors (Lipinski definition) is 1. The third kappa shape index (κ3) is 2.95. The van der Waals surface area contributed by atoms with Crippen molar-refractivity contribution in [3.63, 3.8) is 0 Å². The van der Waals surface area contributed by atoms with Crippen molar-refractivity contribution in [3.05, 3.63) is 56.6 Å². The Labute approximate surface area is 130 Å². The van der Waals surface area contributed by atoms with Gasteiger partial charge in [0.15, 0.2) is 0 Å². The number of fused-ring (bicyclic) bond motifs is 1. The molecular weight excluding hydrogens is 334 g/mol. The summed E-state index contributed by atoms with van der Waals surface area (Å²) < 4.78 is 3.23. The van der Waals surface area contributed by atoms with E-state index in [4.69, 9.17) is 0 Å². The molecule has 1 N–H and O–H groups in total. The highest BCUT2D eigenvalue weighted by Gasteiger charge is 2.06. The zero-order chi connectivity index (χ0) is 13.9. The molecular formula is C15H16BrN3S. The SMILES string of the molecule is Cc1cc(Br)cn2c(CNCCc3ccsc3)cnc12. The van der Waals surface area contributed by atoms with Crippen LogP contribution in [0.3, 0.4) is 0 Å². The molecule has 3 heterocycles. The molecule has 0 fully saturated rings. The highest BCUT2D eigenvalue weighted by molar-refractivity contribution is 9.10. The minimum Gasteiger partial charge on any atom is -0.311 e. The van der Waals surface area contributed by atoms with Crippen molar-refractivity contribution >= 4 is 32.9 Å². The molecule has 0 aliphatic heterocycles. The number of nitrogens with one attached hydrogen (secondary N) is 1. The second-order valence-electron chi connectivity index (χ2n) is 4.84. The number of imidazole rings is 1. The maximum Gasteiger partial charge on any atom is 0.139 e. The van der Waals surface area contributed by atoms with Gasteiger partial charge in [0.1, 0.15) is 5.65 Å². The summed E-state index contributed by atoms with van der Waals surface area (Å²) >= 11 is 5.30. The van der Waals surface area contributed by atoms with E-state index in [2.05, 4.69) is 66.6 Å². The molecule has 0 spiro atoms. The summed E-state index contributed by atoms with van der Waals surface area (Å²) in [5.74, 6) is 0. The van der Waals surface area contributed by atoms with E-state index in [-0.39, 0.29) is 0 Å². The average molecular weight is 350 g/mol. The molecule has 0 amide bonds. The van der Waals surface area contributed by atoms with E-state index in [0.717, 1.165) is 29.6 Å². The van der Waals surface area contributed by atoms with Gasteiger partial charge in [-0.3, -0.25) is 0 Å². The van der Waals surface area contributed by atoms with Gasteiger partial charge in [0.05, 0.1) is 11.9 Å². The summed E-state index contributed by atoms with van der Waals surface area (Å²) in [6, 6.07) is 4.27. The van der Waals surface area contributed by atoms with E-state index in [9.17, 15) is 0 Å². The molecule has 0 saturated heterocycles. The second-order valence-corrected chi connectivity index (χ2v) is 6.54. The summed E-state index contributed by atoms with van der Waals surface area (Å²) in [5.41, 5.74) is 4.81. The van der Waals surface area contributed by atoms with E-state index in [1.165, 1.54) is 16.8 Å². The fourth-order valence-corrected chi connectivity index (χ4v) is 3.53. The molecule has 5 heteroatoms. The smallest absolute Gasteiger partial charge is 0.139 e. The van der Waals surface area contributed by atoms with Gasteiger partial charge in [0.25, 0.3) is 0 Å². The molecule has 104 valence electrons. The Morgan fingerprint density at radius 2 is 2.35 bits per heavy atom. The third-order valence-electron chi connectivity index (χ3n) is 3.31. The van der Waals surface area contributed by atoms with Gasteiger partial charge in [-0.2, -0.15) is 11.3 Å². The molecule has 3 nitrogen and oxygen atoms in total. The highest BCUT2D eigenvalue weighted by atomic mass is 79.9. The summed E-state index contributed by atoms with van der Waals surface area (Å²) in [6.07, 6.45) is 5.10. The van der Waals surface area contributed by atoms with Crippen LogP contribution in [0.15, 0.2) is 39.8 Å². The van der Waals surface area contributed by atoms with Gasteiger partial charge in [-0.1, -0.05) is 0 Å². The summed E-state index contributed by atoms with van der Waals surface area (Å²) in [4.78, 5) is 4.49. The fraction of sp³-hybridized carbons (Fsp3) is 0.267. The van der Waals surface area contributed by atoms with E-state index in [1.54, 1.807) is 11.3 Å². The predicted molar refractivity (Wildman–Crippen MR) is 87.4 cm³/mol. The molecule has 0 radical (unpaired) electrons. The van der Waals surface area contributed by atoms with Crippen molar-refractivity contribution in [1.82, 2.24) is 14.7 Å². The number of hydrogen-bond acceptors (Lipinski definition) is 3. The molecule has 0 saturated carbocycles. The van der Waals surface area contributed by atoms with E-state index in [1.807, 2.05) is 6.20 Å². The first-order valence-electron chi connectivity index (χ1n) is 6.58. The van der Waals surface area contributed by atoms with Gasteiger partial charge < -0.3 is 9.72 Å². The summed E-state index contributed by atoms with van der Waals surface area (Å²) in [6.45, 7) is 3.90. The van der Waals surface area contributed by atoms with Gasteiger partial charge in [-0.15, -0.1) is 0 Å². The molecule has 3 rings (SSSR count). The summed E-state index contributed by atoms with van der Waals surface area (Å²) in [5, 5.41) is 7.82. The first-order chi connectivity index (χ1) is 9.74. The Balaban J connectivity index is 1.65. The molecule has 0 atom stereocenters. The normalized spacial score (nSPS) is 11.3. The summed E-state index contributed by atoms with van der Waals surface area (Å²) in [7, 11) is 0. The van der Waals surface area contributed by atoms with Gasteiger partial charge in [0, 0.05) is 17.2 Å². The quantitative estimate of drug-likeness (QED) is 0.710. The fourth-order valence-electron chi connectivity index (χ4n) is 2.28. The monoisotopic (exact) mass is 349 g/mol. The van der Waals surface area contributed by atoms with Crippen molar-refractivity contribution in [2.75, 3.05) is 6.54 Å². The standard InChI is InChI=1S/C15H16BrN3S/c1-11-6-13(16)9-19-14(8-18-15(11)19)7-17-4-2-12-3-5-20-10-12/h3,5-6,8-10,17H,2,4,7H2,1H3. The van der Waals surface area contributed by atoms with Crippen LogP contribution >= 0.6 is 27.3 Å². The number of rotatable bonds is 5. The zero-order valence-electron chi connectivity index (χ0n) is 11.3. The first-order valence-corrected chi connectivity index (χ1v) is 8.31. The van der Waals surface area contributed by atoms with Crippen LogP contribution in [0.2, 0.25) is 0 Å². The van der Waals surface area contributed by atoms with Crippen molar-refractivity contribution in [3.8, 4) is 0 Å². The molecule has 3 aromatic heterocycles.